The Kier molecular flexibility index (Phi) is 7.74. The molecule has 0 spiro atoms. The molecule has 5 rings (SSSR count). The number of piperazine rings is 1. The third-order valence-corrected chi connectivity index (χ3v) is 7.00. The van der Waals surface area contributed by atoms with Gasteiger partial charge in [0.1, 0.15) is 17.2 Å². The number of halogens is 3. The van der Waals surface area contributed by atoms with Crippen LogP contribution in [0.1, 0.15) is 16.1 Å². The first-order valence-electron chi connectivity index (χ1n) is 12.9. The maximum Gasteiger partial charge on any atom is 0.416 e. The Morgan fingerprint density at radius 3 is 2.29 bits per heavy atom. The first kappa shape index (κ1) is 28.5. The number of hydrogen-bond acceptors (Lipinski definition) is 7. The first-order valence-corrected chi connectivity index (χ1v) is 12.9. The third-order valence-electron chi connectivity index (χ3n) is 7.00. The second-order valence-electron chi connectivity index (χ2n) is 9.50. The molecule has 1 saturated heterocycles. The predicted octanol–water partition coefficient (Wildman–Crippen LogP) is 5.45. The van der Waals surface area contributed by atoms with Crippen LogP contribution in [0.2, 0.25) is 0 Å². The third kappa shape index (κ3) is 5.71. The number of benzene rings is 3. The molecule has 0 atom stereocenters. The Hall–Kier alpha value is -5.07. The van der Waals surface area contributed by atoms with Crippen LogP contribution in [0.15, 0.2) is 72.8 Å². The predicted molar refractivity (Wildman–Crippen MR) is 148 cm³/mol. The van der Waals surface area contributed by atoms with Crippen LogP contribution in [-0.4, -0.2) is 65.9 Å². The molecule has 0 bridgehead atoms. The Balaban J connectivity index is 1.47. The lowest BCUT2D eigenvalue weighted by Crippen LogP contribution is -2.49. The van der Waals surface area contributed by atoms with Crippen molar-refractivity contribution in [2.45, 2.75) is 6.18 Å². The van der Waals surface area contributed by atoms with Gasteiger partial charge in [-0.15, -0.1) is 0 Å². The molecule has 42 heavy (non-hydrogen) atoms. The lowest BCUT2D eigenvalue weighted by Gasteiger charge is -2.36. The van der Waals surface area contributed by atoms with Gasteiger partial charge in [-0.05, 0) is 42.5 Å². The van der Waals surface area contributed by atoms with Crippen LogP contribution in [0.5, 0.6) is 11.5 Å². The van der Waals surface area contributed by atoms with Crippen LogP contribution in [0.3, 0.4) is 0 Å². The Morgan fingerprint density at radius 1 is 0.905 bits per heavy atom. The van der Waals surface area contributed by atoms with E-state index < -0.39 is 16.7 Å². The molecule has 0 radical (unpaired) electrons. The van der Waals surface area contributed by atoms with Crippen LogP contribution in [0.25, 0.3) is 16.9 Å². The van der Waals surface area contributed by atoms with Gasteiger partial charge in [0, 0.05) is 55.6 Å². The van der Waals surface area contributed by atoms with E-state index in [0.717, 1.165) is 12.1 Å². The zero-order valence-electron chi connectivity index (χ0n) is 22.7. The van der Waals surface area contributed by atoms with Gasteiger partial charge in [-0.25, -0.2) is 4.68 Å². The van der Waals surface area contributed by atoms with Crippen molar-refractivity contribution in [3.8, 4) is 28.4 Å². The van der Waals surface area contributed by atoms with Crippen molar-refractivity contribution in [3.05, 3.63) is 94.2 Å². The topological polar surface area (TPSA) is 103 Å². The average molecular weight is 582 g/mol. The Bertz CT molecular complexity index is 1630. The van der Waals surface area contributed by atoms with Gasteiger partial charge in [0.25, 0.3) is 11.6 Å². The summed E-state index contributed by atoms with van der Waals surface area (Å²) in [6.07, 6.45) is -4.46. The molecule has 218 valence electrons. The smallest absolute Gasteiger partial charge is 0.416 e. The van der Waals surface area contributed by atoms with Crippen molar-refractivity contribution in [1.29, 1.82) is 0 Å². The fourth-order valence-electron chi connectivity index (χ4n) is 4.82. The number of carbonyl (C=O) groups excluding carboxylic acids is 1. The zero-order chi connectivity index (χ0) is 30.0. The summed E-state index contributed by atoms with van der Waals surface area (Å²) in [6, 6.07) is 17.6. The second kappa shape index (κ2) is 11.4. The normalized spacial score (nSPS) is 13.6. The van der Waals surface area contributed by atoms with Gasteiger partial charge in [-0.2, -0.15) is 18.3 Å². The van der Waals surface area contributed by atoms with E-state index in [1.165, 1.54) is 43.2 Å². The summed E-state index contributed by atoms with van der Waals surface area (Å²) in [6.45, 7) is 1.13. The van der Waals surface area contributed by atoms with Crippen LogP contribution < -0.4 is 14.4 Å². The number of methoxy groups -OCH3 is 2. The number of rotatable bonds is 7. The number of ether oxygens (including phenoxy) is 2. The van der Waals surface area contributed by atoms with Gasteiger partial charge in [-0.1, -0.05) is 12.1 Å². The number of anilines is 1. The molecule has 0 saturated carbocycles. The van der Waals surface area contributed by atoms with E-state index in [-0.39, 0.29) is 30.4 Å². The van der Waals surface area contributed by atoms with Crippen LogP contribution in [-0.2, 0) is 6.18 Å². The molecule has 4 aromatic rings. The highest BCUT2D eigenvalue weighted by Crippen LogP contribution is 2.35. The van der Waals surface area contributed by atoms with Gasteiger partial charge < -0.3 is 19.3 Å². The van der Waals surface area contributed by atoms with E-state index in [4.69, 9.17) is 9.47 Å². The molecule has 2 heterocycles. The fourth-order valence-corrected chi connectivity index (χ4v) is 4.82. The zero-order valence-corrected chi connectivity index (χ0v) is 22.7. The number of nitro groups is 1. The summed E-state index contributed by atoms with van der Waals surface area (Å²) in [4.78, 5) is 28.2. The molecule has 10 nitrogen and oxygen atoms in total. The Morgan fingerprint density at radius 2 is 1.62 bits per heavy atom. The maximum absolute atomic E-state index is 13.9. The van der Waals surface area contributed by atoms with Gasteiger partial charge in [0.2, 0.25) is 0 Å². The molecule has 0 unspecified atom stereocenters. The summed E-state index contributed by atoms with van der Waals surface area (Å²) in [5, 5.41) is 16.1. The average Bonchev–Trinajstić information content (AvgIpc) is 3.45. The second-order valence-corrected chi connectivity index (χ2v) is 9.50. The van der Waals surface area contributed by atoms with Gasteiger partial charge in [-0.3, -0.25) is 14.9 Å². The van der Waals surface area contributed by atoms with Crippen molar-refractivity contribution in [2.24, 2.45) is 0 Å². The number of amides is 1. The number of nitrogens with zero attached hydrogens (tertiary/aromatic N) is 5. The quantitative estimate of drug-likeness (QED) is 0.211. The highest BCUT2D eigenvalue weighted by atomic mass is 19.4. The van der Waals surface area contributed by atoms with Crippen LogP contribution in [0, 0.1) is 10.1 Å². The highest BCUT2D eigenvalue weighted by Gasteiger charge is 2.32. The van der Waals surface area contributed by atoms with E-state index >= 15 is 0 Å². The van der Waals surface area contributed by atoms with Crippen molar-refractivity contribution in [3.63, 3.8) is 0 Å². The van der Waals surface area contributed by atoms with Crippen molar-refractivity contribution in [1.82, 2.24) is 14.7 Å². The number of hydrogen-bond donors (Lipinski definition) is 0. The number of alkyl halides is 3. The van der Waals surface area contributed by atoms with E-state index in [0.29, 0.717) is 47.2 Å². The minimum atomic E-state index is -4.46. The van der Waals surface area contributed by atoms with Crippen molar-refractivity contribution >= 4 is 17.3 Å². The maximum atomic E-state index is 13.9. The molecule has 13 heteroatoms. The molecular formula is C29H26F3N5O5. The summed E-state index contributed by atoms with van der Waals surface area (Å²) in [7, 11) is 3.01. The minimum Gasteiger partial charge on any atom is -0.497 e. The fraction of sp³-hybridized carbons (Fsp3) is 0.241. The summed E-state index contributed by atoms with van der Waals surface area (Å²) in [5.74, 6) is 0.631. The minimum absolute atomic E-state index is 0.163. The summed E-state index contributed by atoms with van der Waals surface area (Å²) >= 11 is 0. The SMILES string of the molecule is COc1ccc(-c2cc(C(=O)N3CCN(c4cccc(C(F)(F)F)c4)CC3)n(-c3cccc([N+](=O)[O-])c3)n2)c(OC)c1. The number of carbonyl (C=O) groups is 1. The van der Waals surface area contributed by atoms with Gasteiger partial charge in [0.05, 0.1) is 36.1 Å². The number of non-ortho nitro benzene ring substituents is 1. The number of aromatic nitrogens is 2. The molecule has 1 aliphatic heterocycles. The van der Waals surface area contributed by atoms with Crippen molar-refractivity contribution in [2.75, 3.05) is 45.3 Å². The monoisotopic (exact) mass is 581 g/mol. The molecule has 0 N–H and O–H groups in total. The molecule has 1 aromatic heterocycles. The lowest BCUT2D eigenvalue weighted by atomic mass is 10.1. The van der Waals surface area contributed by atoms with E-state index in [2.05, 4.69) is 5.10 Å². The standard InChI is InChI=1S/C29H26F3N5O5/c1-41-23-9-10-24(27(17-23)42-2)25-18-26(36(33-25)21-7-4-8-22(16-21)37(39)40)28(38)35-13-11-34(12-14-35)20-6-3-5-19(15-20)29(30,31)32/h3-10,15-18H,11-14H2,1-2H3. The molecule has 0 aliphatic carbocycles. The molecule has 1 fully saturated rings. The van der Waals surface area contributed by atoms with Crippen LogP contribution >= 0.6 is 0 Å². The molecule has 1 aliphatic rings. The number of nitro benzene ring substituents is 1. The Labute approximate surface area is 238 Å². The molecule has 3 aromatic carbocycles. The van der Waals surface area contributed by atoms with Gasteiger partial charge >= 0.3 is 6.18 Å². The van der Waals surface area contributed by atoms with Crippen molar-refractivity contribution < 1.29 is 32.4 Å². The van der Waals surface area contributed by atoms with Crippen LogP contribution in [0.4, 0.5) is 24.5 Å². The lowest BCUT2D eigenvalue weighted by molar-refractivity contribution is -0.384. The van der Waals surface area contributed by atoms with E-state index in [9.17, 15) is 28.1 Å². The molecule has 1 amide bonds. The van der Waals surface area contributed by atoms with Gasteiger partial charge in [0.15, 0.2) is 0 Å². The van der Waals surface area contributed by atoms with E-state index in [1.807, 2.05) is 0 Å². The largest absolute Gasteiger partial charge is 0.497 e. The summed E-state index contributed by atoms with van der Waals surface area (Å²) in [5.41, 5.74) is 0.968. The summed E-state index contributed by atoms with van der Waals surface area (Å²) < 4.78 is 51.8. The molecular weight excluding hydrogens is 555 g/mol. The first-order chi connectivity index (χ1) is 20.1. The highest BCUT2D eigenvalue weighted by molar-refractivity contribution is 5.95. The van der Waals surface area contributed by atoms with E-state index in [1.54, 1.807) is 46.2 Å².